The number of halogens is 2. The maximum Gasteiger partial charge on any atom is 0.586 e. The van der Waals surface area contributed by atoms with E-state index in [1.807, 2.05) is 0 Å². The fourth-order valence-electron chi connectivity index (χ4n) is 2.14. The second-order valence-corrected chi connectivity index (χ2v) is 5.04. The molecule has 2 aromatic rings. The van der Waals surface area contributed by atoms with Crippen LogP contribution in [0, 0.1) is 10.1 Å². The zero-order valence-electron chi connectivity index (χ0n) is 12.5. The van der Waals surface area contributed by atoms with E-state index in [9.17, 15) is 23.7 Å². The maximum absolute atomic E-state index is 12.9. The molecular weight excluding hydrogens is 340 g/mol. The third kappa shape index (κ3) is 3.91. The molecule has 0 fully saturated rings. The lowest BCUT2D eigenvalue weighted by molar-refractivity contribution is -0.384. The van der Waals surface area contributed by atoms with Crippen LogP contribution in [-0.2, 0) is 4.79 Å². The number of carbonyl (C=O) groups is 1. The highest BCUT2D eigenvalue weighted by atomic mass is 19.3. The van der Waals surface area contributed by atoms with Crippen molar-refractivity contribution >= 4 is 23.0 Å². The summed E-state index contributed by atoms with van der Waals surface area (Å²) in [5.74, 6) is -0.714. The fourth-order valence-corrected chi connectivity index (χ4v) is 2.14. The number of amides is 1. The molecule has 2 aromatic carbocycles. The van der Waals surface area contributed by atoms with E-state index in [0.717, 1.165) is 0 Å². The standard InChI is InChI=1S/C15H11F2N3O5/c16-15(17)24-12-5-4-9(7-13(12)25-15)18-8-14(21)19-10-2-1-3-11(6-10)20(22)23/h1-7,18H,8H2,(H,19,21). The number of nitro benzene ring substituents is 1. The lowest BCUT2D eigenvalue weighted by Gasteiger charge is -2.08. The van der Waals surface area contributed by atoms with Gasteiger partial charge in [0.05, 0.1) is 11.5 Å². The van der Waals surface area contributed by atoms with Gasteiger partial charge in [-0.25, -0.2) is 0 Å². The van der Waals surface area contributed by atoms with Crippen LogP contribution < -0.4 is 20.1 Å². The smallest absolute Gasteiger partial charge is 0.395 e. The topological polar surface area (TPSA) is 103 Å². The number of non-ortho nitro benzene ring substituents is 1. The number of anilines is 2. The molecule has 0 atom stereocenters. The van der Waals surface area contributed by atoms with Crippen LogP contribution in [0.3, 0.4) is 0 Å². The number of carbonyl (C=O) groups excluding carboxylic acids is 1. The molecule has 10 heteroatoms. The summed E-state index contributed by atoms with van der Waals surface area (Å²) in [4.78, 5) is 22.0. The number of rotatable bonds is 5. The van der Waals surface area contributed by atoms with Gasteiger partial charge in [-0.1, -0.05) is 6.07 Å². The number of ether oxygens (including phenoxy) is 2. The van der Waals surface area contributed by atoms with Crippen LogP contribution in [0.15, 0.2) is 42.5 Å². The summed E-state index contributed by atoms with van der Waals surface area (Å²) in [6.45, 7) is -0.182. The number of nitrogens with zero attached hydrogens (tertiary/aromatic N) is 1. The summed E-state index contributed by atoms with van der Waals surface area (Å²) >= 11 is 0. The number of fused-ring (bicyclic) bond motifs is 1. The van der Waals surface area contributed by atoms with Crippen molar-refractivity contribution in [3.05, 3.63) is 52.6 Å². The molecule has 0 aliphatic carbocycles. The summed E-state index contributed by atoms with van der Waals surface area (Å²) in [5.41, 5.74) is 0.489. The van der Waals surface area contributed by atoms with Crippen LogP contribution in [0.4, 0.5) is 25.8 Å². The predicted molar refractivity (Wildman–Crippen MR) is 82.9 cm³/mol. The Kier molecular flexibility index (Phi) is 4.09. The highest BCUT2D eigenvalue weighted by Gasteiger charge is 2.43. The fraction of sp³-hybridized carbons (Fsp3) is 0.133. The molecule has 0 saturated heterocycles. The average Bonchev–Trinajstić information content (AvgIpc) is 2.86. The number of hydrogen-bond donors (Lipinski definition) is 2. The van der Waals surface area contributed by atoms with E-state index in [0.29, 0.717) is 5.69 Å². The summed E-state index contributed by atoms with van der Waals surface area (Å²) < 4.78 is 34.5. The van der Waals surface area contributed by atoms with E-state index in [1.165, 1.54) is 42.5 Å². The Morgan fingerprint density at radius 3 is 2.64 bits per heavy atom. The van der Waals surface area contributed by atoms with Crippen LogP contribution in [-0.4, -0.2) is 23.7 Å². The third-order valence-electron chi connectivity index (χ3n) is 3.20. The summed E-state index contributed by atoms with van der Waals surface area (Å²) in [6.07, 6.45) is -3.71. The van der Waals surface area contributed by atoms with Crippen molar-refractivity contribution in [1.82, 2.24) is 0 Å². The zero-order valence-corrected chi connectivity index (χ0v) is 12.5. The molecule has 130 valence electrons. The van der Waals surface area contributed by atoms with Crippen LogP contribution in [0.5, 0.6) is 11.5 Å². The summed E-state index contributed by atoms with van der Waals surface area (Å²) in [7, 11) is 0. The van der Waals surface area contributed by atoms with Crippen molar-refractivity contribution in [2.75, 3.05) is 17.2 Å². The van der Waals surface area contributed by atoms with Crippen LogP contribution in [0.25, 0.3) is 0 Å². The number of nitrogens with one attached hydrogen (secondary N) is 2. The van der Waals surface area contributed by atoms with Gasteiger partial charge in [0.2, 0.25) is 5.91 Å². The van der Waals surface area contributed by atoms with E-state index in [-0.39, 0.29) is 29.4 Å². The van der Waals surface area contributed by atoms with E-state index in [1.54, 1.807) is 0 Å². The molecule has 25 heavy (non-hydrogen) atoms. The SMILES string of the molecule is O=C(CNc1ccc2c(c1)OC(F)(F)O2)Nc1cccc([N+](=O)[O-])c1. The Morgan fingerprint density at radius 1 is 1.12 bits per heavy atom. The molecule has 0 radical (unpaired) electrons. The van der Waals surface area contributed by atoms with Gasteiger partial charge in [-0.05, 0) is 18.2 Å². The summed E-state index contributed by atoms with van der Waals surface area (Å²) in [6, 6.07) is 9.49. The van der Waals surface area contributed by atoms with Gasteiger partial charge in [-0.3, -0.25) is 14.9 Å². The monoisotopic (exact) mass is 351 g/mol. The van der Waals surface area contributed by atoms with Gasteiger partial charge < -0.3 is 20.1 Å². The number of nitro groups is 1. The Balaban J connectivity index is 1.58. The van der Waals surface area contributed by atoms with E-state index in [2.05, 4.69) is 20.1 Å². The van der Waals surface area contributed by atoms with Gasteiger partial charge in [-0.15, -0.1) is 8.78 Å². The van der Waals surface area contributed by atoms with Crippen molar-refractivity contribution in [3.8, 4) is 11.5 Å². The first-order valence-electron chi connectivity index (χ1n) is 7.00. The molecule has 1 aliphatic rings. The normalized spacial score (nSPS) is 14.0. The molecule has 3 rings (SSSR count). The van der Waals surface area contributed by atoms with Crippen LogP contribution >= 0.6 is 0 Å². The minimum Gasteiger partial charge on any atom is -0.395 e. The van der Waals surface area contributed by atoms with E-state index in [4.69, 9.17) is 0 Å². The third-order valence-corrected chi connectivity index (χ3v) is 3.20. The van der Waals surface area contributed by atoms with Crippen LogP contribution in [0.2, 0.25) is 0 Å². The predicted octanol–water partition coefficient (Wildman–Crippen LogP) is 2.97. The average molecular weight is 351 g/mol. The zero-order chi connectivity index (χ0) is 18.0. The molecule has 0 unspecified atom stereocenters. The molecule has 2 N–H and O–H groups in total. The largest absolute Gasteiger partial charge is 0.586 e. The molecular formula is C15H11F2N3O5. The Hall–Kier alpha value is -3.43. The first-order valence-corrected chi connectivity index (χ1v) is 7.00. The molecule has 1 amide bonds. The molecule has 0 spiro atoms. The lowest BCUT2D eigenvalue weighted by Crippen LogP contribution is -2.25. The van der Waals surface area contributed by atoms with E-state index >= 15 is 0 Å². The van der Waals surface area contributed by atoms with E-state index < -0.39 is 17.1 Å². The van der Waals surface area contributed by atoms with Crippen molar-refractivity contribution in [2.45, 2.75) is 6.29 Å². The molecule has 1 aliphatic heterocycles. The maximum atomic E-state index is 12.9. The molecule has 0 aromatic heterocycles. The summed E-state index contributed by atoms with van der Waals surface area (Å²) in [5, 5.41) is 15.9. The second kappa shape index (κ2) is 6.23. The number of benzene rings is 2. The second-order valence-electron chi connectivity index (χ2n) is 5.04. The highest BCUT2D eigenvalue weighted by Crippen LogP contribution is 2.42. The quantitative estimate of drug-likeness (QED) is 0.634. The number of hydrogen-bond acceptors (Lipinski definition) is 6. The first kappa shape index (κ1) is 16.4. The van der Waals surface area contributed by atoms with Gasteiger partial charge in [0.1, 0.15) is 0 Å². The van der Waals surface area contributed by atoms with Gasteiger partial charge >= 0.3 is 6.29 Å². The lowest BCUT2D eigenvalue weighted by atomic mass is 10.2. The van der Waals surface area contributed by atoms with Gasteiger partial charge in [-0.2, -0.15) is 0 Å². The van der Waals surface area contributed by atoms with Gasteiger partial charge in [0, 0.05) is 29.6 Å². The molecule has 8 nitrogen and oxygen atoms in total. The van der Waals surface area contributed by atoms with Crippen molar-refractivity contribution in [2.24, 2.45) is 0 Å². The molecule has 0 bridgehead atoms. The number of alkyl halides is 2. The van der Waals surface area contributed by atoms with Crippen LogP contribution in [0.1, 0.15) is 0 Å². The molecule has 1 heterocycles. The van der Waals surface area contributed by atoms with Crippen molar-refractivity contribution in [1.29, 1.82) is 0 Å². The van der Waals surface area contributed by atoms with Gasteiger partial charge in [0.25, 0.3) is 5.69 Å². The highest BCUT2D eigenvalue weighted by molar-refractivity contribution is 5.94. The Morgan fingerprint density at radius 2 is 1.88 bits per heavy atom. The Bertz CT molecular complexity index is 844. The first-order chi connectivity index (χ1) is 11.8. The van der Waals surface area contributed by atoms with Crippen molar-refractivity contribution in [3.63, 3.8) is 0 Å². The minimum atomic E-state index is -3.71. The van der Waals surface area contributed by atoms with Crippen molar-refractivity contribution < 1.29 is 28.0 Å². The van der Waals surface area contributed by atoms with Gasteiger partial charge in [0.15, 0.2) is 11.5 Å². The minimum absolute atomic E-state index is 0.100. The Labute approximate surface area is 139 Å². The molecule has 0 saturated carbocycles.